The van der Waals surface area contributed by atoms with Crippen LogP contribution in [0, 0.1) is 11.8 Å². The molecule has 0 radical (unpaired) electrons. The second-order valence-corrected chi connectivity index (χ2v) is 4.97. The standard InChI is InChI=1S/C12H23NO2/c1-9(2)11(12(14)15)13-8-10-6-4-3-5-7-10/h9-11,13H,3-8H2,1-2H3,(H,14,15)/t11-/m0/s1. The molecule has 2 N–H and O–H groups in total. The second-order valence-electron chi connectivity index (χ2n) is 4.97. The molecular formula is C12H23NO2. The molecule has 0 aromatic carbocycles. The number of carbonyl (C=O) groups is 1. The van der Waals surface area contributed by atoms with Crippen molar-refractivity contribution in [1.29, 1.82) is 0 Å². The van der Waals surface area contributed by atoms with Crippen LogP contribution in [0.3, 0.4) is 0 Å². The molecule has 1 fully saturated rings. The van der Waals surface area contributed by atoms with E-state index in [-0.39, 0.29) is 12.0 Å². The van der Waals surface area contributed by atoms with Gasteiger partial charge in [-0.05, 0) is 31.2 Å². The van der Waals surface area contributed by atoms with Gasteiger partial charge in [0.1, 0.15) is 6.04 Å². The van der Waals surface area contributed by atoms with E-state index in [0.717, 1.165) is 6.54 Å². The molecule has 88 valence electrons. The van der Waals surface area contributed by atoms with Crippen LogP contribution in [-0.4, -0.2) is 23.7 Å². The highest BCUT2D eigenvalue weighted by molar-refractivity contribution is 5.73. The van der Waals surface area contributed by atoms with Gasteiger partial charge in [0.25, 0.3) is 0 Å². The van der Waals surface area contributed by atoms with Crippen molar-refractivity contribution in [1.82, 2.24) is 5.32 Å². The number of rotatable bonds is 5. The number of hydrogen-bond acceptors (Lipinski definition) is 2. The van der Waals surface area contributed by atoms with Crippen LogP contribution in [0.2, 0.25) is 0 Å². The largest absolute Gasteiger partial charge is 0.480 e. The summed E-state index contributed by atoms with van der Waals surface area (Å²) < 4.78 is 0. The van der Waals surface area contributed by atoms with Gasteiger partial charge in [0.2, 0.25) is 0 Å². The number of nitrogens with one attached hydrogen (secondary N) is 1. The first-order chi connectivity index (χ1) is 7.11. The van der Waals surface area contributed by atoms with Crippen molar-refractivity contribution in [3.63, 3.8) is 0 Å². The lowest BCUT2D eigenvalue weighted by Crippen LogP contribution is -2.43. The minimum absolute atomic E-state index is 0.158. The SMILES string of the molecule is CC(C)[C@H](NCC1CCCCC1)C(=O)O. The normalized spacial score (nSPS) is 20.5. The van der Waals surface area contributed by atoms with Crippen molar-refractivity contribution in [3.8, 4) is 0 Å². The minimum atomic E-state index is -0.721. The van der Waals surface area contributed by atoms with E-state index in [0.29, 0.717) is 5.92 Å². The lowest BCUT2D eigenvalue weighted by molar-refractivity contribution is -0.140. The van der Waals surface area contributed by atoms with E-state index < -0.39 is 5.97 Å². The lowest BCUT2D eigenvalue weighted by Gasteiger charge is -2.25. The summed E-state index contributed by atoms with van der Waals surface area (Å²) in [5.74, 6) is 0.131. The Morgan fingerprint density at radius 2 is 1.93 bits per heavy atom. The van der Waals surface area contributed by atoms with Gasteiger partial charge >= 0.3 is 5.97 Å². The van der Waals surface area contributed by atoms with Crippen LogP contribution < -0.4 is 5.32 Å². The molecule has 1 saturated carbocycles. The van der Waals surface area contributed by atoms with E-state index in [9.17, 15) is 4.79 Å². The van der Waals surface area contributed by atoms with Crippen molar-refractivity contribution >= 4 is 5.97 Å². The van der Waals surface area contributed by atoms with E-state index >= 15 is 0 Å². The van der Waals surface area contributed by atoms with E-state index in [2.05, 4.69) is 5.32 Å². The Morgan fingerprint density at radius 3 is 2.40 bits per heavy atom. The van der Waals surface area contributed by atoms with Gasteiger partial charge in [-0.25, -0.2) is 0 Å². The minimum Gasteiger partial charge on any atom is -0.480 e. The summed E-state index contributed by atoms with van der Waals surface area (Å²) in [5, 5.41) is 12.2. The molecule has 0 amide bonds. The molecule has 3 nitrogen and oxygen atoms in total. The van der Waals surface area contributed by atoms with Crippen molar-refractivity contribution in [2.75, 3.05) is 6.54 Å². The number of aliphatic carboxylic acids is 1. The molecule has 1 atom stereocenters. The summed E-state index contributed by atoms with van der Waals surface area (Å²) in [7, 11) is 0. The fourth-order valence-corrected chi connectivity index (χ4v) is 2.29. The highest BCUT2D eigenvalue weighted by Crippen LogP contribution is 2.23. The van der Waals surface area contributed by atoms with Crippen LogP contribution in [0.4, 0.5) is 0 Å². The summed E-state index contributed by atoms with van der Waals surface area (Å²) in [4.78, 5) is 11.0. The first kappa shape index (κ1) is 12.5. The summed E-state index contributed by atoms with van der Waals surface area (Å²) >= 11 is 0. The third kappa shape index (κ3) is 4.20. The lowest BCUT2D eigenvalue weighted by atomic mass is 9.89. The Labute approximate surface area is 92.3 Å². The zero-order valence-electron chi connectivity index (χ0n) is 9.83. The van der Waals surface area contributed by atoms with Crippen molar-refractivity contribution in [3.05, 3.63) is 0 Å². The van der Waals surface area contributed by atoms with Gasteiger partial charge in [-0.15, -0.1) is 0 Å². The smallest absolute Gasteiger partial charge is 0.320 e. The topological polar surface area (TPSA) is 49.3 Å². The summed E-state index contributed by atoms with van der Waals surface area (Å²) in [6, 6.07) is -0.382. The average molecular weight is 213 g/mol. The molecule has 0 aromatic rings. The fourth-order valence-electron chi connectivity index (χ4n) is 2.29. The van der Waals surface area contributed by atoms with Gasteiger partial charge in [0, 0.05) is 0 Å². The third-order valence-corrected chi connectivity index (χ3v) is 3.28. The summed E-state index contributed by atoms with van der Waals surface area (Å²) in [5.41, 5.74) is 0. The van der Waals surface area contributed by atoms with E-state index in [1.807, 2.05) is 13.8 Å². The molecule has 3 heteroatoms. The molecule has 1 rings (SSSR count). The van der Waals surface area contributed by atoms with Crippen LogP contribution in [-0.2, 0) is 4.79 Å². The average Bonchev–Trinajstić information content (AvgIpc) is 2.18. The van der Waals surface area contributed by atoms with Crippen LogP contribution in [0.5, 0.6) is 0 Å². The zero-order valence-corrected chi connectivity index (χ0v) is 9.83. The van der Waals surface area contributed by atoms with E-state index in [1.54, 1.807) is 0 Å². The zero-order chi connectivity index (χ0) is 11.3. The Kier molecular flexibility index (Phi) is 5.09. The number of hydrogen-bond donors (Lipinski definition) is 2. The fraction of sp³-hybridized carbons (Fsp3) is 0.917. The quantitative estimate of drug-likeness (QED) is 0.736. The molecule has 0 aliphatic heterocycles. The molecule has 0 aromatic heterocycles. The third-order valence-electron chi connectivity index (χ3n) is 3.28. The summed E-state index contributed by atoms with van der Waals surface area (Å²) in [6.07, 6.45) is 6.50. The number of carboxylic acid groups (broad SMARTS) is 1. The van der Waals surface area contributed by atoms with Crippen molar-refractivity contribution in [2.24, 2.45) is 11.8 Å². The second kappa shape index (κ2) is 6.11. The van der Waals surface area contributed by atoms with Crippen molar-refractivity contribution in [2.45, 2.75) is 52.0 Å². The Hall–Kier alpha value is -0.570. The highest BCUT2D eigenvalue weighted by Gasteiger charge is 2.22. The first-order valence-corrected chi connectivity index (χ1v) is 6.07. The van der Waals surface area contributed by atoms with Gasteiger partial charge in [0.05, 0.1) is 0 Å². The maximum absolute atomic E-state index is 11.0. The highest BCUT2D eigenvalue weighted by atomic mass is 16.4. The molecule has 1 aliphatic carbocycles. The molecule has 0 saturated heterocycles. The molecule has 0 spiro atoms. The van der Waals surface area contributed by atoms with Gasteiger partial charge in [-0.1, -0.05) is 33.1 Å². The van der Waals surface area contributed by atoms with Crippen LogP contribution in [0.15, 0.2) is 0 Å². The first-order valence-electron chi connectivity index (χ1n) is 6.07. The van der Waals surface area contributed by atoms with Gasteiger partial charge in [-0.2, -0.15) is 0 Å². The molecule has 1 aliphatic rings. The molecule has 0 bridgehead atoms. The Balaban J connectivity index is 2.29. The van der Waals surface area contributed by atoms with Gasteiger partial charge in [-0.3, -0.25) is 4.79 Å². The molecule has 0 heterocycles. The van der Waals surface area contributed by atoms with Crippen LogP contribution in [0.1, 0.15) is 46.0 Å². The Morgan fingerprint density at radius 1 is 1.33 bits per heavy atom. The molecular weight excluding hydrogens is 190 g/mol. The predicted molar refractivity (Wildman–Crippen MR) is 60.8 cm³/mol. The molecule has 15 heavy (non-hydrogen) atoms. The maximum Gasteiger partial charge on any atom is 0.320 e. The van der Waals surface area contributed by atoms with Gasteiger partial charge in [0.15, 0.2) is 0 Å². The number of carboxylic acids is 1. The van der Waals surface area contributed by atoms with Crippen molar-refractivity contribution < 1.29 is 9.90 Å². The monoisotopic (exact) mass is 213 g/mol. The van der Waals surface area contributed by atoms with Gasteiger partial charge < -0.3 is 10.4 Å². The van der Waals surface area contributed by atoms with E-state index in [4.69, 9.17) is 5.11 Å². The maximum atomic E-state index is 11.0. The summed E-state index contributed by atoms with van der Waals surface area (Å²) in [6.45, 7) is 4.77. The van der Waals surface area contributed by atoms with Crippen LogP contribution in [0.25, 0.3) is 0 Å². The van der Waals surface area contributed by atoms with E-state index in [1.165, 1.54) is 32.1 Å². The molecule has 0 unspecified atom stereocenters. The Bertz CT molecular complexity index is 198. The van der Waals surface area contributed by atoms with Crippen LogP contribution >= 0.6 is 0 Å². The predicted octanol–water partition coefficient (Wildman–Crippen LogP) is 2.27.